The number of nitro benzene ring substituents is 1. The molecule has 0 bridgehead atoms. The van der Waals surface area contributed by atoms with Crippen LogP contribution in [0.15, 0.2) is 143 Å². The predicted octanol–water partition coefficient (Wildman–Crippen LogP) is 8.37. The number of hydrogen-bond acceptors (Lipinski definition) is 9. The highest BCUT2D eigenvalue weighted by molar-refractivity contribution is 7.99. The molecule has 0 aromatic heterocycles. The fraction of sp³-hybridized carbons (Fsp3) is 0.205. The molecule has 6 aromatic rings. The molecular formula is C44H41N5O5S2. The van der Waals surface area contributed by atoms with Crippen molar-refractivity contribution in [3.63, 3.8) is 0 Å². The minimum absolute atomic E-state index is 0.202. The highest BCUT2D eigenvalue weighted by Crippen LogP contribution is 2.36. The summed E-state index contributed by atoms with van der Waals surface area (Å²) in [5.41, 5.74) is 5.90. The summed E-state index contributed by atoms with van der Waals surface area (Å²) in [6.07, 6.45) is 1.67. The van der Waals surface area contributed by atoms with Gasteiger partial charge in [-0.1, -0.05) is 84.9 Å². The van der Waals surface area contributed by atoms with E-state index in [1.165, 1.54) is 39.6 Å². The number of carbonyl (C=O) groups is 1. The first-order valence-corrected chi connectivity index (χ1v) is 21.2. The van der Waals surface area contributed by atoms with Crippen LogP contribution < -0.4 is 14.9 Å². The summed E-state index contributed by atoms with van der Waals surface area (Å²) in [5.74, 6) is -0.135. The summed E-state index contributed by atoms with van der Waals surface area (Å²) < 4.78 is 28.8. The minimum Gasteiger partial charge on any atom is -0.379 e. The second-order valence-corrected chi connectivity index (χ2v) is 17.0. The first-order chi connectivity index (χ1) is 27.2. The van der Waals surface area contributed by atoms with Crippen LogP contribution in [0, 0.1) is 10.1 Å². The number of carbonyl (C=O) groups excluding carboxylic acids is 1. The zero-order valence-electron chi connectivity index (χ0n) is 30.6. The maximum atomic E-state index is 13.3. The third-order valence-electron chi connectivity index (χ3n) is 10.6. The van der Waals surface area contributed by atoms with E-state index >= 15 is 0 Å². The van der Waals surface area contributed by atoms with Gasteiger partial charge in [-0.25, -0.2) is 13.1 Å². The van der Waals surface area contributed by atoms with Crippen LogP contribution in [0.1, 0.15) is 27.9 Å². The standard InChI is InChI=1S/C44H41N5O5S2/c50-44(46-56(53,54)37-20-21-41(43(28-37)49(51)52)45-23-26-55-36-12-2-1-3-13-36)33-18-22-42-32(27-33)17-19-35-30-47(24-25-48(35)42)29-34-10-5-7-15-39(34)40-16-8-11-31-9-4-6-14-38(31)40/h1-16,18,20-22,27-28,35,45H,17,19,23-26,29-30H2,(H,46,50)/t35-/m0/s1. The van der Waals surface area contributed by atoms with Crippen LogP contribution in [0.4, 0.5) is 17.1 Å². The molecule has 2 heterocycles. The SMILES string of the molecule is O=C(NS(=O)(=O)c1ccc(NCCSc2ccccc2)c([N+](=O)[O-])c1)c1ccc2c(c1)CC[C@H]1CN(Cc3ccccc3-c3cccc4ccccc34)CCN21. The Morgan fingerprint density at radius 1 is 0.839 bits per heavy atom. The molecule has 8 rings (SSSR count). The lowest BCUT2D eigenvalue weighted by Crippen LogP contribution is -2.54. The molecule has 12 heteroatoms. The molecule has 1 fully saturated rings. The number of fused-ring (bicyclic) bond motifs is 4. The lowest BCUT2D eigenvalue weighted by molar-refractivity contribution is -0.384. The van der Waals surface area contributed by atoms with Crippen LogP contribution in [0.3, 0.4) is 0 Å². The van der Waals surface area contributed by atoms with E-state index in [9.17, 15) is 23.3 Å². The van der Waals surface area contributed by atoms with Crippen molar-refractivity contribution in [1.29, 1.82) is 0 Å². The molecule has 56 heavy (non-hydrogen) atoms. The molecule has 2 aliphatic heterocycles. The molecule has 0 spiro atoms. The average molecular weight is 784 g/mol. The van der Waals surface area contributed by atoms with Crippen molar-refractivity contribution in [1.82, 2.24) is 9.62 Å². The number of rotatable bonds is 12. The molecule has 0 saturated carbocycles. The van der Waals surface area contributed by atoms with E-state index in [4.69, 9.17) is 0 Å². The number of sulfonamides is 1. The number of hydrogen-bond donors (Lipinski definition) is 2. The fourth-order valence-electron chi connectivity index (χ4n) is 7.87. The number of piperazine rings is 1. The van der Waals surface area contributed by atoms with Crippen molar-refractivity contribution in [2.75, 3.05) is 42.1 Å². The quantitative estimate of drug-likeness (QED) is 0.0545. The van der Waals surface area contributed by atoms with Gasteiger partial charge in [-0.2, -0.15) is 0 Å². The molecule has 2 aliphatic rings. The van der Waals surface area contributed by atoms with E-state index < -0.39 is 20.9 Å². The zero-order chi connectivity index (χ0) is 38.6. The van der Waals surface area contributed by atoms with Gasteiger partial charge in [0.2, 0.25) is 0 Å². The fourth-order valence-corrected chi connectivity index (χ4v) is 9.65. The van der Waals surface area contributed by atoms with E-state index in [2.05, 4.69) is 86.6 Å². The molecule has 0 unspecified atom stereocenters. The summed E-state index contributed by atoms with van der Waals surface area (Å²) in [7, 11) is -4.40. The Morgan fingerprint density at radius 2 is 1.61 bits per heavy atom. The van der Waals surface area contributed by atoms with E-state index in [0.29, 0.717) is 18.3 Å². The summed E-state index contributed by atoms with van der Waals surface area (Å²) in [4.78, 5) is 30.3. The van der Waals surface area contributed by atoms with E-state index in [1.54, 1.807) is 23.9 Å². The average Bonchev–Trinajstić information content (AvgIpc) is 3.22. The number of thioether (sulfide) groups is 1. The summed E-state index contributed by atoms with van der Waals surface area (Å²) in [5, 5.41) is 17.4. The van der Waals surface area contributed by atoms with E-state index in [0.717, 1.165) is 61.2 Å². The first kappa shape index (κ1) is 37.2. The molecule has 1 saturated heterocycles. The molecule has 1 atom stereocenters. The number of nitro groups is 1. The van der Waals surface area contributed by atoms with E-state index in [1.807, 2.05) is 36.4 Å². The number of nitrogens with zero attached hydrogens (tertiary/aromatic N) is 3. The lowest BCUT2D eigenvalue weighted by atomic mass is 9.91. The van der Waals surface area contributed by atoms with Crippen LogP contribution in [-0.4, -0.2) is 62.1 Å². The highest BCUT2D eigenvalue weighted by atomic mass is 32.2. The summed E-state index contributed by atoms with van der Waals surface area (Å²) >= 11 is 1.60. The lowest BCUT2D eigenvalue weighted by Gasteiger charge is -2.46. The number of benzene rings is 6. The summed E-state index contributed by atoms with van der Waals surface area (Å²) in [6.45, 7) is 3.91. The Balaban J connectivity index is 0.908. The predicted molar refractivity (Wildman–Crippen MR) is 224 cm³/mol. The molecular weight excluding hydrogens is 743 g/mol. The molecule has 6 aromatic carbocycles. The van der Waals surface area contributed by atoms with Crippen molar-refractivity contribution in [2.24, 2.45) is 0 Å². The van der Waals surface area contributed by atoms with Crippen molar-refractivity contribution in [3.8, 4) is 11.1 Å². The summed E-state index contributed by atoms with van der Waals surface area (Å²) in [6, 6.07) is 42.7. The van der Waals surface area contributed by atoms with Crippen LogP contribution in [0.25, 0.3) is 21.9 Å². The van der Waals surface area contributed by atoms with Crippen LogP contribution in [-0.2, 0) is 23.0 Å². The minimum atomic E-state index is -4.40. The van der Waals surface area contributed by atoms with Gasteiger partial charge < -0.3 is 10.2 Å². The van der Waals surface area contributed by atoms with Crippen molar-refractivity contribution in [3.05, 3.63) is 160 Å². The first-order valence-electron chi connectivity index (χ1n) is 18.7. The van der Waals surface area contributed by atoms with Gasteiger partial charge in [-0.3, -0.25) is 19.8 Å². The molecule has 284 valence electrons. The monoisotopic (exact) mass is 783 g/mol. The van der Waals surface area contributed by atoms with Crippen molar-refractivity contribution in [2.45, 2.75) is 35.2 Å². The van der Waals surface area contributed by atoms with Gasteiger partial charge in [0.25, 0.3) is 21.6 Å². The van der Waals surface area contributed by atoms with Gasteiger partial charge in [0.1, 0.15) is 5.69 Å². The number of nitrogens with one attached hydrogen (secondary N) is 2. The molecule has 1 amide bonds. The Labute approximate surface area is 330 Å². The zero-order valence-corrected chi connectivity index (χ0v) is 32.3. The maximum Gasteiger partial charge on any atom is 0.293 e. The van der Waals surface area contributed by atoms with Gasteiger partial charge >= 0.3 is 0 Å². The molecule has 10 nitrogen and oxygen atoms in total. The van der Waals surface area contributed by atoms with Gasteiger partial charge in [0, 0.05) is 66.7 Å². The van der Waals surface area contributed by atoms with E-state index in [-0.39, 0.29) is 21.8 Å². The molecule has 2 N–H and O–H groups in total. The van der Waals surface area contributed by atoms with Crippen molar-refractivity contribution >= 4 is 55.5 Å². The Morgan fingerprint density at radius 3 is 2.46 bits per heavy atom. The smallest absolute Gasteiger partial charge is 0.293 e. The Kier molecular flexibility index (Phi) is 10.8. The third-order valence-corrected chi connectivity index (χ3v) is 12.9. The highest BCUT2D eigenvalue weighted by Gasteiger charge is 2.33. The second kappa shape index (κ2) is 16.2. The second-order valence-electron chi connectivity index (χ2n) is 14.1. The molecule has 0 radical (unpaired) electrons. The topological polar surface area (TPSA) is 125 Å². The largest absolute Gasteiger partial charge is 0.379 e. The maximum absolute atomic E-state index is 13.3. The molecule has 0 aliphatic carbocycles. The Hall–Kier alpha value is -5.69. The normalized spacial score (nSPS) is 15.5. The number of anilines is 2. The van der Waals surface area contributed by atoms with Crippen LogP contribution in [0.2, 0.25) is 0 Å². The van der Waals surface area contributed by atoms with Gasteiger partial charge in [-0.15, -0.1) is 11.8 Å². The van der Waals surface area contributed by atoms with Gasteiger partial charge in [0.15, 0.2) is 0 Å². The number of aryl methyl sites for hydroxylation is 1. The number of amides is 1. The van der Waals surface area contributed by atoms with Crippen LogP contribution in [0.5, 0.6) is 0 Å². The van der Waals surface area contributed by atoms with Gasteiger partial charge in [-0.05, 0) is 88.3 Å². The third kappa shape index (κ3) is 7.99. The van der Waals surface area contributed by atoms with Crippen molar-refractivity contribution < 1.29 is 18.1 Å². The Bertz CT molecular complexity index is 2530. The van der Waals surface area contributed by atoms with Gasteiger partial charge in [0.05, 0.1) is 9.82 Å². The van der Waals surface area contributed by atoms with Crippen LogP contribution >= 0.6 is 11.8 Å².